The highest BCUT2D eigenvalue weighted by Crippen LogP contribution is 2.27. The van der Waals surface area contributed by atoms with E-state index in [1.165, 1.54) is 0 Å². The summed E-state index contributed by atoms with van der Waals surface area (Å²) in [6.45, 7) is 8.06. The molecule has 2 aliphatic heterocycles. The molecule has 4 nitrogen and oxygen atoms in total. The molecular weight excluding hydrogens is 206 g/mol. The molecule has 0 aliphatic carbocycles. The highest BCUT2D eigenvalue weighted by atomic mass is 16.5. The van der Waals surface area contributed by atoms with Crippen LogP contribution in [-0.4, -0.2) is 54.6 Å². The minimum Gasteiger partial charge on any atom is -0.495 e. The SMILES string of the molecule is CC(C)(C(O)C1=CCCO1)N1CCOCC1. The van der Waals surface area contributed by atoms with Crippen molar-refractivity contribution < 1.29 is 14.6 Å². The van der Waals surface area contributed by atoms with E-state index in [2.05, 4.69) is 18.7 Å². The molecule has 1 fully saturated rings. The molecule has 0 saturated carbocycles. The molecule has 0 aromatic carbocycles. The van der Waals surface area contributed by atoms with E-state index in [4.69, 9.17) is 9.47 Å². The normalized spacial score (nSPS) is 25.1. The number of hydrogen-bond donors (Lipinski definition) is 1. The van der Waals surface area contributed by atoms with Gasteiger partial charge in [0.15, 0.2) is 0 Å². The lowest BCUT2D eigenvalue weighted by Crippen LogP contribution is -2.56. The number of ether oxygens (including phenoxy) is 2. The Labute approximate surface area is 96.8 Å². The molecule has 0 aromatic heterocycles. The Kier molecular flexibility index (Phi) is 3.52. The van der Waals surface area contributed by atoms with Crippen LogP contribution in [0.5, 0.6) is 0 Å². The first-order valence-electron chi connectivity index (χ1n) is 5.96. The molecule has 1 unspecified atom stereocenters. The van der Waals surface area contributed by atoms with Crippen LogP contribution in [0, 0.1) is 0 Å². The second-order valence-electron chi connectivity index (χ2n) is 4.90. The lowest BCUT2D eigenvalue weighted by Gasteiger charge is -2.43. The topological polar surface area (TPSA) is 41.9 Å². The molecule has 1 N–H and O–H groups in total. The lowest BCUT2D eigenvalue weighted by molar-refractivity contribution is -0.0631. The molecule has 2 heterocycles. The Bertz CT molecular complexity index is 269. The van der Waals surface area contributed by atoms with E-state index in [-0.39, 0.29) is 5.54 Å². The minimum absolute atomic E-state index is 0.292. The summed E-state index contributed by atoms with van der Waals surface area (Å²) in [5.74, 6) is 0.733. The number of aliphatic hydroxyl groups is 1. The van der Waals surface area contributed by atoms with Crippen LogP contribution in [0.4, 0.5) is 0 Å². The van der Waals surface area contributed by atoms with Gasteiger partial charge < -0.3 is 14.6 Å². The number of nitrogens with zero attached hydrogens (tertiary/aromatic N) is 1. The Morgan fingerprint density at radius 1 is 1.31 bits per heavy atom. The van der Waals surface area contributed by atoms with E-state index in [9.17, 15) is 5.11 Å². The Morgan fingerprint density at radius 2 is 2.00 bits per heavy atom. The summed E-state index contributed by atoms with van der Waals surface area (Å²) in [5.41, 5.74) is -0.292. The van der Waals surface area contributed by atoms with Gasteiger partial charge in [-0.2, -0.15) is 0 Å². The second-order valence-corrected chi connectivity index (χ2v) is 4.90. The van der Waals surface area contributed by atoms with E-state index >= 15 is 0 Å². The van der Waals surface area contributed by atoms with Gasteiger partial charge in [0.2, 0.25) is 0 Å². The summed E-state index contributed by atoms with van der Waals surface area (Å²) >= 11 is 0. The molecular formula is C12H21NO3. The predicted octanol–water partition coefficient (Wildman–Crippen LogP) is 0.762. The minimum atomic E-state index is -0.548. The predicted molar refractivity (Wildman–Crippen MR) is 61.1 cm³/mol. The third-order valence-corrected chi connectivity index (χ3v) is 3.50. The van der Waals surface area contributed by atoms with Crippen molar-refractivity contribution in [3.05, 3.63) is 11.8 Å². The zero-order valence-corrected chi connectivity index (χ0v) is 10.1. The molecule has 16 heavy (non-hydrogen) atoms. The van der Waals surface area contributed by atoms with Crippen LogP contribution in [-0.2, 0) is 9.47 Å². The van der Waals surface area contributed by atoms with Gasteiger partial charge in [-0.1, -0.05) is 0 Å². The van der Waals surface area contributed by atoms with Gasteiger partial charge in [-0.25, -0.2) is 0 Å². The zero-order chi connectivity index (χ0) is 11.6. The fraction of sp³-hybridized carbons (Fsp3) is 0.833. The molecule has 0 amide bonds. The number of morpholine rings is 1. The van der Waals surface area contributed by atoms with E-state index < -0.39 is 6.10 Å². The van der Waals surface area contributed by atoms with Crippen LogP contribution >= 0.6 is 0 Å². The zero-order valence-electron chi connectivity index (χ0n) is 10.1. The fourth-order valence-electron chi connectivity index (χ4n) is 2.29. The summed E-state index contributed by atoms with van der Waals surface area (Å²) in [6, 6.07) is 0. The van der Waals surface area contributed by atoms with E-state index in [0.717, 1.165) is 38.5 Å². The maximum Gasteiger partial charge on any atom is 0.128 e. The maximum absolute atomic E-state index is 10.4. The fourth-order valence-corrected chi connectivity index (χ4v) is 2.29. The molecule has 0 aromatic rings. The van der Waals surface area contributed by atoms with Crippen molar-refractivity contribution in [2.24, 2.45) is 0 Å². The largest absolute Gasteiger partial charge is 0.495 e. The van der Waals surface area contributed by atoms with Crippen molar-refractivity contribution in [2.45, 2.75) is 31.9 Å². The third-order valence-electron chi connectivity index (χ3n) is 3.50. The summed E-state index contributed by atoms with van der Waals surface area (Å²) in [7, 11) is 0. The van der Waals surface area contributed by atoms with Gasteiger partial charge in [-0.05, 0) is 19.9 Å². The lowest BCUT2D eigenvalue weighted by atomic mass is 9.92. The summed E-state index contributed by atoms with van der Waals surface area (Å²) in [6.07, 6.45) is 2.35. The maximum atomic E-state index is 10.4. The van der Waals surface area contributed by atoms with Gasteiger partial charge in [0.05, 0.1) is 19.8 Å². The summed E-state index contributed by atoms with van der Waals surface area (Å²) < 4.78 is 10.8. The highest BCUT2D eigenvalue weighted by Gasteiger charge is 2.38. The Hall–Kier alpha value is -0.580. The molecule has 1 atom stereocenters. The van der Waals surface area contributed by atoms with E-state index in [1.807, 2.05) is 6.08 Å². The summed E-state index contributed by atoms with van der Waals surface area (Å²) in [5, 5.41) is 10.4. The van der Waals surface area contributed by atoms with Gasteiger partial charge in [-0.15, -0.1) is 0 Å². The molecule has 0 radical (unpaired) electrons. The van der Waals surface area contributed by atoms with Gasteiger partial charge in [0.25, 0.3) is 0 Å². The Morgan fingerprint density at radius 3 is 2.56 bits per heavy atom. The van der Waals surface area contributed by atoms with Gasteiger partial charge in [-0.3, -0.25) is 4.90 Å². The summed E-state index contributed by atoms with van der Waals surface area (Å²) in [4.78, 5) is 2.27. The first-order valence-corrected chi connectivity index (χ1v) is 5.96. The van der Waals surface area contributed by atoms with Crippen LogP contribution in [0.3, 0.4) is 0 Å². The van der Waals surface area contributed by atoms with Crippen LogP contribution in [0.2, 0.25) is 0 Å². The molecule has 0 spiro atoms. The molecule has 4 heteroatoms. The van der Waals surface area contributed by atoms with Gasteiger partial charge in [0.1, 0.15) is 11.9 Å². The van der Waals surface area contributed by atoms with Crippen LogP contribution in [0.15, 0.2) is 11.8 Å². The standard InChI is InChI=1S/C12H21NO3/c1-12(2,13-5-8-15-9-6-13)11(14)10-4-3-7-16-10/h4,11,14H,3,5-9H2,1-2H3. The third kappa shape index (κ3) is 2.24. The number of aliphatic hydroxyl groups excluding tert-OH is 1. The van der Waals surface area contributed by atoms with Crippen molar-refractivity contribution in [2.75, 3.05) is 32.9 Å². The first kappa shape index (κ1) is 11.9. The molecule has 0 bridgehead atoms. The van der Waals surface area contributed by atoms with Crippen molar-refractivity contribution in [1.29, 1.82) is 0 Å². The van der Waals surface area contributed by atoms with Gasteiger partial charge >= 0.3 is 0 Å². The monoisotopic (exact) mass is 227 g/mol. The Balaban J connectivity index is 2.04. The molecule has 1 saturated heterocycles. The molecule has 2 aliphatic rings. The number of rotatable bonds is 3. The van der Waals surface area contributed by atoms with Crippen molar-refractivity contribution in [3.8, 4) is 0 Å². The van der Waals surface area contributed by atoms with Crippen LogP contribution in [0.1, 0.15) is 20.3 Å². The first-order chi connectivity index (χ1) is 7.62. The molecule has 2 rings (SSSR count). The smallest absolute Gasteiger partial charge is 0.128 e. The van der Waals surface area contributed by atoms with Gasteiger partial charge in [0, 0.05) is 25.0 Å². The van der Waals surface area contributed by atoms with Crippen molar-refractivity contribution in [3.63, 3.8) is 0 Å². The number of hydrogen-bond acceptors (Lipinski definition) is 4. The average Bonchev–Trinajstić information content (AvgIpc) is 2.82. The average molecular weight is 227 g/mol. The van der Waals surface area contributed by atoms with Crippen LogP contribution in [0.25, 0.3) is 0 Å². The quantitative estimate of drug-likeness (QED) is 0.773. The van der Waals surface area contributed by atoms with Crippen molar-refractivity contribution in [1.82, 2.24) is 4.90 Å². The van der Waals surface area contributed by atoms with E-state index in [1.54, 1.807) is 0 Å². The second kappa shape index (κ2) is 4.73. The highest BCUT2D eigenvalue weighted by molar-refractivity contribution is 5.11. The van der Waals surface area contributed by atoms with Crippen LogP contribution < -0.4 is 0 Å². The van der Waals surface area contributed by atoms with Crippen molar-refractivity contribution >= 4 is 0 Å². The molecule has 92 valence electrons. The van der Waals surface area contributed by atoms with E-state index in [0.29, 0.717) is 6.61 Å².